The second kappa shape index (κ2) is 7.97. The summed E-state index contributed by atoms with van der Waals surface area (Å²) in [6.07, 6.45) is 7.87. The van der Waals surface area contributed by atoms with Crippen LogP contribution in [0.5, 0.6) is 0 Å². The molecule has 3 heterocycles. The molecule has 0 unspecified atom stereocenters. The first kappa shape index (κ1) is 16.5. The molecule has 24 heavy (non-hydrogen) atoms. The fraction of sp³-hybridized carbons (Fsp3) is 0.444. The highest BCUT2D eigenvalue weighted by molar-refractivity contribution is 5.90. The topological polar surface area (TPSA) is 71.0 Å². The zero-order valence-electron chi connectivity index (χ0n) is 14.0. The lowest BCUT2D eigenvalue weighted by Crippen LogP contribution is -2.35. The Morgan fingerprint density at radius 1 is 1.29 bits per heavy atom. The highest BCUT2D eigenvalue weighted by Gasteiger charge is 2.22. The van der Waals surface area contributed by atoms with Crippen LogP contribution >= 0.6 is 0 Å². The van der Waals surface area contributed by atoms with Gasteiger partial charge < -0.3 is 10.2 Å². The van der Waals surface area contributed by atoms with E-state index in [1.54, 1.807) is 12.4 Å². The SMILES string of the molecule is Cc1nccc(C2CCN(CCC(=O)Nc3cccnc3)CC2)n1. The number of aryl methyl sites for hydroxylation is 1. The Bertz CT molecular complexity index is 668. The standard InChI is InChI=1S/C18H23N5O/c1-14-20-9-4-17(21-14)15-5-10-23(11-6-15)12-7-18(24)22-16-3-2-8-19-13-16/h2-4,8-9,13,15H,5-7,10-12H2,1H3,(H,22,24). The van der Waals surface area contributed by atoms with Crippen molar-refractivity contribution in [3.05, 3.63) is 48.3 Å². The number of pyridine rings is 1. The number of carbonyl (C=O) groups excluding carboxylic acids is 1. The Kier molecular flexibility index (Phi) is 5.48. The van der Waals surface area contributed by atoms with Gasteiger partial charge in [0.1, 0.15) is 5.82 Å². The Balaban J connectivity index is 1.42. The van der Waals surface area contributed by atoms with Crippen LogP contribution in [0.3, 0.4) is 0 Å². The molecular formula is C18H23N5O. The van der Waals surface area contributed by atoms with E-state index >= 15 is 0 Å². The average molecular weight is 325 g/mol. The fourth-order valence-corrected chi connectivity index (χ4v) is 3.07. The lowest BCUT2D eigenvalue weighted by molar-refractivity contribution is -0.116. The van der Waals surface area contributed by atoms with Gasteiger partial charge in [-0.1, -0.05) is 0 Å². The van der Waals surface area contributed by atoms with Gasteiger partial charge in [0.2, 0.25) is 5.91 Å². The second-order valence-corrected chi connectivity index (χ2v) is 6.18. The summed E-state index contributed by atoms with van der Waals surface area (Å²) in [6, 6.07) is 5.68. The Hall–Kier alpha value is -2.34. The largest absolute Gasteiger partial charge is 0.325 e. The number of hydrogen-bond donors (Lipinski definition) is 1. The molecule has 0 saturated carbocycles. The van der Waals surface area contributed by atoms with Crippen molar-refractivity contribution in [1.29, 1.82) is 0 Å². The van der Waals surface area contributed by atoms with Gasteiger partial charge in [0.05, 0.1) is 11.9 Å². The first-order chi connectivity index (χ1) is 11.7. The van der Waals surface area contributed by atoms with E-state index in [0.29, 0.717) is 12.3 Å². The lowest BCUT2D eigenvalue weighted by atomic mass is 9.93. The van der Waals surface area contributed by atoms with Gasteiger partial charge in [-0.2, -0.15) is 0 Å². The summed E-state index contributed by atoms with van der Waals surface area (Å²) in [5.74, 6) is 1.38. The zero-order valence-corrected chi connectivity index (χ0v) is 14.0. The number of nitrogens with one attached hydrogen (secondary N) is 1. The van der Waals surface area contributed by atoms with Crippen LogP contribution in [0.15, 0.2) is 36.8 Å². The van der Waals surface area contributed by atoms with Crippen molar-refractivity contribution in [1.82, 2.24) is 19.9 Å². The van der Waals surface area contributed by atoms with Crippen LogP contribution in [0.1, 0.15) is 36.7 Å². The molecule has 0 atom stereocenters. The number of amides is 1. The first-order valence-electron chi connectivity index (χ1n) is 8.42. The third-order valence-electron chi connectivity index (χ3n) is 4.40. The summed E-state index contributed by atoms with van der Waals surface area (Å²) < 4.78 is 0. The summed E-state index contributed by atoms with van der Waals surface area (Å²) >= 11 is 0. The van der Waals surface area contributed by atoms with Crippen molar-refractivity contribution in [2.24, 2.45) is 0 Å². The van der Waals surface area contributed by atoms with Gasteiger partial charge in [-0.15, -0.1) is 0 Å². The molecule has 1 aliphatic rings. The molecule has 0 spiro atoms. The minimum atomic E-state index is 0.0385. The van der Waals surface area contributed by atoms with E-state index in [0.717, 1.165) is 49.7 Å². The number of rotatable bonds is 5. The average Bonchev–Trinajstić information content (AvgIpc) is 2.61. The number of anilines is 1. The molecule has 1 aliphatic heterocycles. The van der Waals surface area contributed by atoms with Gasteiger partial charge in [0.25, 0.3) is 0 Å². The molecule has 0 bridgehead atoms. The van der Waals surface area contributed by atoms with Gasteiger partial charge in [-0.3, -0.25) is 9.78 Å². The molecule has 2 aromatic heterocycles. The van der Waals surface area contributed by atoms with Crippen LogP contribution < -0.4 is 5.32 Å². The van der Waals surface area contributed by atoms with E-state index in [1.807, 2.05) is 31.3 Å². The molecular weight excluding hydrogens is 302 g/mol. The van der Waals surface area contributed by atoms with E-state index in [9.17, 15) is 4.79 Å². The zero-order chi connectivity index (χ0) is 16.8. The van der Waals surface area contributed by atoms with Crippen molar-refractivity contribution in [2.75, 3.05) is 25.0 Å². The fourth-order valence-electron chi connectivity index (χ4n) is 3.07. The monoisotopic (exact) mass is 325 g/mol. The first-order valence-corrected chi connectivity index (χ1v) is 8.42. The van der Waals surface area contributed by atoms with Crippen molar-refractivity contribution in [3.8, 4) is 0 Å². The quantitative estimate of drug-likeness (QED) is 0.914. The smallest absolute Gasteiger partial charge is 0.225 e. The Morgan fingerprint density at radius 3 is 2.83 bits per heavy atom. The summed E-state index contributed by atoms with van der Waals surface area (Å²) in [5, 5.41) is 2.88. The maximum atomic E-state index is 12.0. The van der Waals surface area contributed by atoms with Crippen LogP contribution in [0.2, 0.25) is 0 Å². The van der Waals surface area contributed by atoms with Crippen LogP contribution in [-0.4, -0.2) is 45.4 Å². The Morgan fingerprint density at radius 2 is 2.12 bits per heavy atom. The molecule has 0 aliphatic carbocycles. The summed E-state index contributed by atoms with van der Waals surface area (Å²) in [6.45, 7) is 4.74. The van der Waals surface area contributed by atoms with Crippen molar-refractivity contribution < 1.29 is 4.79 Å². The number of carbonyl (C=O) groups is 1. The number of hydrogen-bond acceptors (Lipinski definition) is 5. The normalized spacial score (nSPS) is 16.0. The molecule has 6 nitrogen and oxygen atoms in total. The third-order valence-corrected chi connectivity index (χ3v) is 4.40. The molecule has 3 rings (SSSR count). The number of likely N-dealkylation sites (tertiary alicyclic amines) is 1. The van der Waals surface area contributed by atoms with Crippen LogP contribution in [0, 0.1) is 6.92 Å². The van der Waals surface area contributed by atoms with E-state index in [4.69, 9.17) is 0 Å². The molecule has 2 aromatic rings. The minimum Gasteiger partial charge on any atom is -0.325 e. The second-order valence-electron chi connectivity index (χ2n) is 6.18. The van der Waals surface area contributed by atoms with Crippen molar-refractivity contribution in [3.63, 3.8) is 0 Å². The predicted octanol–water partition coefficient (Wildman–Crippen LogP) is 2.39. The van der Waals surface area contributed by atoms with Gasteiger partial charge in [-0.25, -0.2) is 9.97 Å². The van der Waals surface area contributed by atoms with Gasteiger partial charge in [0, 0.05) is 37.0 Å². The minimum absolute atomic E-state index is 0.0385. The highest BCUT2D eigenvalue weighted by Crippen LogP contribution is 2.26. The molecule has 1 amide bonds. The molecule has 1 saturated heterocycles. The van der Waals surface area contributed by atoms with E-state index < -0.39 is 0 Å². The lowest BCUT2D eigenvalue weighted by Gasteiger charge is -2.31. The van der Waals surface area contributed by atoms with Gasteiger partial charge >= 0.3 is 0 Å². The maximum Gasteiger partial charge on any atom is 0.225 e. The van der Waals surface area contributed by atoms with E-state index in [2.05, 4.69) is 25.2 Å². The third kappa shape index (κ3) is 4.58. The van der Waals surface area contributed by atoms with E-state index in [-0.39, 0.29) is 5.91 Å². The predicted molar refractivity (Wildman–Crippen MR) is 92.7 cm³/mol. The summed E-state index contributed by atoms with van der Waals surface area (Å²) in [7, 11) is 0. The number of aromatic nitrogens is 3. The van der Waals surface area contributed by atoms with E-state index in [1.165, 1.54) is 0 Å². The molecule has 126 valence electrons. The molecule has 0 radical (unpaired) electrons. The van der Waals surface area contributed by atoms with Crippen LogP contribution in [0.4, 0.5) is 5.69 Å². The number of nitrogens with zero attached hydrogens (tertiary/aromatic N) is 4. The summed E-state index contributed by atoms with van der Waals surface area (Å²) in [5.41, 5.74) is 1.90. The maximum absolute atomic E-state index is 12.0. The van der Waals surface area contributed by atoms with Crippen molar-refractivity contribution in [2.45, 2.75) is 32.1 Å². The van der Waals surface area contributed by atoms with Gasteiger partial charge in [-0.05, 0) is 51.1 Å². The number of piperidine rings is 1. The van der Waals surface area contributed by atoms with Crippen LogP contribution in [-0.2, 0) is 4.79 Å². The van der Waals surface area contributed by atoms with Crippen molar-refractivity contribution >= 4 is 11.6 Å². The Labute approximate surface area is 142 Å². The highest BCUT2D eigenvalue weighted by atomic mass is 16.1. The molecule has 1 N–H and O–H groups in total. The molecule has 0 aromatic carbocycles. The molecule has 6 heteroatoms. The van der Waals surface area contributed by atoms with Gasteiger partial charge in [0.15, 0.2) is 0 Å². The summed E-state index contributed by atoms with van der Waals surface area (Å²) in [4.78, 5) is 27.1. The van der Waals surface area contributed by atoms with Crippen LogP contribution in [0.25, 0.3) is 0 Å². The molecule has 1 fully saturated rings.